The van der Waals surface area contributed by atoms with Gasteiger partial charge in [-0.1, -0.05) is 11.6 Å². The Hall–Kier alpha value is -0.360. The number of halogens is 1. The lowest BCUT2D eigenvalue weighted by atomic mass is 10.2. The van der Waals surface area contributed by atoms with E-state index >= 15 is 0 Å². The number of carbonyl (C=O) groups excluding carboxylic acids is 1. The van der Waals surface area contributed by atoms with Gasteiger partial charge in [0.15, 0.2) is 0 Å². The van der Waals surface area contributed by atoms with E-state index in [0.717, 1.165) is 28.6 Å². The minimum absolute atomic E-state index is 0.0352. The monoisotopic (exact) mass is 316 g/mol. The minimum Gasteiger partial charge on any atom is -0.326 e. The highest BCUT2D eigenvalue weighted by molar-refractivity contribution is 7.99. The summed E-state index contributed by atoms with van der Waals surface area (Å²) in [7, 11) is 0. The van der Waals surface area contributed by atoms with Crippen LogP contribution >= 0.6 is 35.1 Å². The van der Waals surface area contributed by atoms with Crippen LogP contribution in [-0.2, 0) is 4.79 Å². The predicted molar refractivity (Wildman–Crippen MR) is 85.6 cm³/mol. The maximum atomic E-state index is 11.9. The number of rotatable bonds is 4. The Morgan fingerprint density at radius 2 is 2.47 bits per heavy atom. The van der Waals surface area contributed by atoms with E-state index in [1.165, 1.54) is 0 Å². The molecule has 1 fully saturated rings. The van der Waals surface area contributed by atoms with E-state index in [9.17, 15) is 4.79 Å². The molecule has 1 unspecified atom stereocenters. The molecule has 0 spiro atoms. The molecule has 1 saturated heterocycles. The van der Waals surface area contributed by atoms with Crippen LogP contribution < -0.4 is 10.6 Å². The molecule has 104 valence electrons. The van der Waals surface area contributed by atoms with Crippen LogP contribution in [0.25, 0.3) is 0 Å². The molecule has 19 heavy (non-hydrogen) atoms. The molecule has 1 aliphatic rings. The molecule has 1 aromatic carbocycles. The van der Waals surface area contributed by atoms with Gasteiger partial charge in [-0.2, -0.15) is 11.8 Å². The van der Waals surface area contributed by atoms with Gasteiger partial charge in [-0.25, -0.2) is 0 Å². The Morgan fingerprint density at radius 3 is 3.11 bits per heavy atom. The molecule has 2 N–H and O–H groups in total. The first kappa shape index (κ1) is 15.0. The number of carbonyl (C=O) groups is 1. The summed E-state index contributed by atoms with van der Waals surface area (Å²) < 4.78 is 0. The molecule has 0 aliphatic carbocycles. The van der Waals surface area contributed by atoms with Crippen molar-refractivity contribution in [2.24, 2.45) is 0 Å². The molecule has 1 amide bonds. The topological polar surface area (TPSA) is 41.1 Å². The lowest BCUT2D eigenvalue weighted by Gasteiger charge is -2.22. The Labute approximate surface area is 127 Å². The third-order valence-corrected chi connectivity index (χ3v) is 5.22. The van der Waals surface area contributed by atoms with E-state index in [0.29, 0.717) is 11.4 Å². The average Bonchev–Trinajstić information content (AvgIpc) is 2.40. The van der Waals surface area contributed by atoms with E-state index in [2.05, 4.69) is 10.6 Å². The second-order valence-corrected chi connectivity index (χ2v) is 6.73. The molecule has 0 bridgehead atoms. The van der Waals surface area contributed by atoms with E-state index < -0.39 is 0 Å². The van der Waals surface area contributed by atoms with Crippen LogP contribution in [0, 0.1) is 0 Å². The van der Waals surface area contributed by atoms with Gasteiger partial charge in [0.25, 0.3) is 0 Å². The lowest BCUT2D eigenvalue weighted by Crippen LogP contribution is -2.39. The number of hydrogen-bond acceptors (Lipinski definition) is 4. The molecular weight excluding hydrogens is 300 g/mol. The van der Waals surface area contributed by atoms with Crippen molar-refractivity contribution in [3.05, 3.63) is 23.2 Å². The standard InChI is InChI=1S/C13H17ClN2OS2/c1-18-12-3-2-9(6-11(12)14)16-13(17)7-10-8-19-5-4-15-10/h2-3,6,10,15H,4-5,7-8H2,1H3,(H,16,17). The molecular formula is C13H17ClN2OS2. The van der Waals surface area contributed by atoms with Gasteiger partial charge >= 0.3 is 0 Å². The van der Waals surface area contributed by atoms with Gasteiger partial charge in [-0.15, -0.1) is 11.8 Å². The van der Waals surface area contributed by atoms with Gasteiger partial charge in [0.1, 0.15) is 0 Å². The van der Waals surface area contributed by atoms with Gasteiger partial charge in [0, 0.05) is 41.1 Å². The Kier molecular flexibility index (Phi) is 5.88. The summed E-state index contributed by atoms with van der Waals surface area (Å²) in [4.78, 5) is 13.0. The second-order valence-electron chi connectivity index (χ2n) is 4.33. The van der Waals surface area contributed by atoms with Crippen molar-refractivity contribution in [3.63, 3.8) is 0 Å². The summed E-state index contributed by atoms with van der Waals surface area (Å²) in [5, 5.41) is 6.93. The van der Waals surface area contributed by atoms with E-state index in [4.69, 9.17) is 11.6 Å². The van der Waals surface area contributed by atoms with Crippen LogP contribution in [0.3, 0.4) is 0 Å². The van der Waals surface area contributed by atoms with Crippen LogP contribution in [0.1, 0.15) is 6.42 Å². The average molecular weight is 317 g/mol. The largest absolute Gasteiger partial charge is 0.326 e. The van der Waals surface area contributed by atoms with Gasteiger partial charge in [-0.3, -0.25) is 4.79 Å². The molecule has 6 heteroatoms. The van der Waals surface area contributed by atoms with Crippen LogP contribution in [0.5, 0.6) is 0 Å². The minimum atomic E-state index is 0.0352. The second kappa shape index (κ2) is 7.43. The molecule has 2 rings (SSSR count). The van der Waals surface area contributed by atoms with Crippen molar-refractivity contribution >= 4 is 46.7 Å². The summed E-state index contributed by atoms with van der Waals surface area (Å²) in [6, 6.07) is 5.89. The van der Waals surface area contributed by atoms with Crippen molar-refractivity contribution in [2.75, 3.05) is 29.6 Å². The fourth-order valence-electron chi connectivity index (χ4n) is 1.93. The molecule has 1 heterocycles. The number of anilines is 1. The maximum absolute atomic E-state index is 11.9. The van der Waals surface area contributed by atoms with Crippen molar-refractivity contribution in [3.8, 4) is 0 Å². The van der Waals surface area contributed by atoms with Gasteiger partial charge < -0.3 is 10.6 Å². The number of benzene rings is 1. The quantitative estimate of drug-likeness (QED) is 0.838. The molecule has 0 radical (unpaired) electrons. The zero-order valence-electron chi connectivity index (χ0n) is 10.7. The SMILES string of the molecule is CSc1ccc(NC(=O)CC2CSCCN2)cc1Cl. The number of thioether (sulfide) groups is 2. The molecule has 1 aliphatic heterocycles. The fraction of sp³-hybridized carbons (Fsp3) is 0.462. The summed E-state index contributed by atoms with van der Waals surface area (Å²) in [5.74, 6) is 2.16. The first-order chi connectivity index (χ1) is 9.19. The lowest BCUT2D eigenvalue weighted by molar-refractivity contribution is -0.116. The zero-order chi connectivity index (χ0) is 13.7. The van der Waals surface area contributed by atoms with E-state index in [1.54, 1.807) is 17.8 Å². The first-order valence-electron chi connectivity index (χ1n) is 6.13. The van der Waals surface area contributed by atoms with Crippen molar-refractivity contribution < 1.29 is 4.79 Å². The van der Waals surface area contributed by atoms with Crippen LogP contribution in [0.2, 0.25) is 5.02 Å². The van der Waals surface area contributed by atoms with Gasteiger partial charge in [-0.05, 0) is 24.5 Å². The number of hydrogen-bond donors (Lipinski definition) is 2. The number of nitrogens with one attached hydrogen (secondary N) is 2. The van der Waals surface area contributed by atoms with Crippen molar-refractivity contribution in [1.29, 1.82) is 0 Å². The zero-order valence-corrected chi connectivity index (χ0v) is 13.1. The summed E-state index contributed by atoms with van der Waals surface area (Å²) >= 11 is 9.60. The molecule has 1 aromatic rings. The number of amides is 1. The smallest absolute Gasteiger partial charge is 0.225 e. The van der Waals surface area contributed by atoms with Crippen LogP contribution in [-0.4, -0.2) is 36.3 Å². The third kappa shape index (κ3) is 4.60. The maximum Gasteiger partial charge on any atom is 0.225 e. The highest BCUT2D eigenvalue weighted by atomic mass is 35.5. The highest BCUT2D eigenvalue weighted by Gasteiger charge is 2.16. The van der Waals surface area contributed by atoms with Gasteiger partial charge in [0.2, 0.25) is 5.91 Å². The summed E-state index contributed by atoms with van der Waals surface area (Å²) in [6.07, 6.45) is 2.49. The fourth-order valence-corrected chi connectivity index (χ4v) is 3.75. The normalized spacial score (nSPS) is 19.2. The molecule has 1 atom stereocenters. The van der Waals surface area contributed by atoms with Gasteiger partial charge in [0.05, 0.1) is 5.02 Å². The summed E-state index contributed by atoms with van der Waals surface area (Å²) in [5.41, 5.74) is 0.760. The molecule has 0 saturated carbocycles. The third-order valence-electron chi connectivity index (χ3n) is 2.87. The Morgan fingerprint density at radius 1 is 1.63 bits per heavy atom. The van der Waals surface area contributed by atoms with Crippen LogP contribution in [0.15, 0.2) is 23.1 Å². The van der Waals surface area contributed by atoms with Crippen LogP contribution in [0.4, 0.5) is 5.69 Å². The van der Waals surface area contributed by atoms with Crippen molar-refractivity contribution in [2.45, 2.75) is 17.4 Å². The Bertz CT molecular complexity index is 450. The van der Waals surface area contributed by atoms with Crippen molar-refractivity contribution in [1.82, 2.24) is 5.32 Å². The highest BCUT2D eigenvalue weighted by Crippen LogP contribution is 2.28. The van der Waals surface area contributed by atoms with E-state index in [1.807, 2.05) is 30.2 Å². The molecule has 3 nitrogen and oxygen atoms in total. The van der Waals surface area contributed by atoms with E-state index in [-0.39, 0.29) is 11.9 Å². The summed E-state index contributed by atoms with van der Waals surface area (Å²) in [6.45, 7) is 0.983. The molecule has 0 aromatic heterocycles. The Balaban J connectivity index is 1.89. The predicted octanol–water partition coefficient (Wildman–Crippen LogP) is 3.10. The first-order valence-corrected chi connectivity index (χ1v) is 8.89.